The molecule has 0 radical (unpaired) electrons. The molecule has 1 aliphatic rings. The number of aliphatic hydroxyl groups excluding tert-OH is 1. The van der Waals surface area contributed by atoms with Gasteiger partial charge in [-0.2, -0.15) is 5.26 Å². The Morgan fingerprint density at radius 3 is 3.00 bits per heavy atom. The average Bonchev–Trinajstić information content (AvgIpc) is 2.47. The van der Waals surface area contributed by atoms with Crippen molar-refractivity contribution in [1.82, 2.24) is 4.90 Å². The molecule has 1 fully saturated rings. The number of carbonyl (C=O) groups is 1. The van der Waals surface area contributed by atoms with Gasteiger partial charge in [-0.3, -0.25) is 4.79 Å². The summed E-state index contributed by atoms with van der Waals surface area (Å²) in [5.74, 6) is 0.255. The molecule has 0 aromatic heterocycles. The molecule has 1 aromatic carbocycles. The van der Waals surface area contributed by atoms with Crippen LogP contribution in [0.25, 0.3) is 0 Å². The second kappa shape index (κ2) is 6.40. The fourth-order valence-corrected chi connectivity index (χ4v) is 2.31. The molecule has 1 aliphatic heterocycles. The van der Waals surface area contributed by atoms with Crippen LogP contribution in [0, 0.1) is 11.3 Å². The van der Waals surface area contributed by atoms with Crippen molar-refractivity contribution < 1.29 is 14.6 Å². The zero-order chi connectivity index (χ0) is 14.5. The highest BCUT2D eigenvalue weighted by Gasteiger charge is 2.27. The van der Waals surface area contributed by atoms with Gasteiger partial charge in [0.25, 0.3) is 5.91 Å². The summed E-state index contributed by atoms with van der Waals surface area (Å²) in [5, 5.41) is 18.6. The second-order valence-electron chi connectivity index (χ2n) is 4.95. The van der Waals surface area contributed by atoms with Gasteiger partial charge in [-0.25, -0.2) is 0 Å². The Bertz CT molecular complexity index is 524. The number of rotatable bonds is 3. The third kappa shape index (κ3) is 3.28. The van der Waals surface area contributed by atoms with E-state index in [1.54, 1.807) is 36.1 Å². The van der Waals surface area contributed by atoms with E-state index in [4.69, 9.17) is 10.00 Å². The van der Waals surface area contributed by atoms with Crippen LogP contribution >= 0.6 is 0 Å². The summed E-state index contributed by atoms with van der Waals surface area (Å²) in [6, 6.07) is 8.87. The minimum Gasteiger partial charge on any atom is -0.480 e. The number of amides is 1. The zero-order valence-corrected chi connectivity index (χ0v) is 11.5. The van der Waals surface area contributed by atoms with E-state index in [1.807, 2.05) is 6.07 Å². The van der Waals surface area contributed by atoms with Crippen molar-refractivity contribution in [2.24, 2.45) is 0 Å². The maximum Gasteiger partial charge on any atom is 0.263 e. The number of benzene rings is 1. The number of aliphatic hydroxyl groups is 1. The lowest BCUT2D eigenvalue weighted by Gasteiger charge is -2.32. The van der Waals surface area contributed by atoms with Crippen LogP contribution in [-0.4, -0.2) is 41.2 Å². The molecular weight excluding hydrogens is 256 g/mol. The van der Waals surface area contributed by atoms with Crippen molar-refractivity contribution in [1.29, 1.82) is 5.26 Å². The number of hydrogen-bond donors (Lipinski definition) is 1. The third-order valence-corrected chi connectivity index (χ3v) is 3.37. The van der Waals surface area contributed by atoms with Crippen LogP contribution in [0.15, 0.2) is 24.3 Å². The molecule has 1 amide bonds. The third-order valence-electron chi connectivity index (χ3n) is 3.37. The molecule has 0 saturated carbocycles. The Balaban J connectivity index is 2.02. The monoisotopic (exact) mass is 274 g/mol. The number of hydrogen-bond acceptors (Lipinski definition) is 4. The minimum absolute atomic E-state index is 0.156. The molecule has 1 saturated heterocycles. The fraction of sp³-hybridized carbons (Fsp3) is 0.467. The SMILES string of the molecule is C[C@@H](Oc1ccccc1C#N)C(=O)N1CCC[C@@H](O)C1. The van der Waals surface area contributed by atoms with Gasteiger partial charge in [-0.1, -0.05) is 12.1 Å². The van der Waals surface area contributed by atoms with E-state index in [1.165, 1.54) is 0 Å². The summed E-state index contributed by atoms with van der Waals surface area (Å²) in [7, 11) is 0. The van der Waals surface area contributed by atoms with Crippen LogP contribution in [0.4, 0.5) is 0 Å². The quantitative estimate of drug-likeness (QED) is 0.902. The standard InChI is InChI=1S/C15H18N2O3/c1-11(15(19)17-8-4-6-13(18)10-17)20-14-7-3-2-5-12(14)9-16/h2-3,5,7,11,13,18H,4,6,8,10H2,1H3/t11-,13-/m1/s1. The first kappa shape index (κ1) is 14.4. The van der Waals surface area contributed by atoms with Gasteiger partial charge in [0.1, 0.15) is 11.8 Å². The first-order valence-corrected chi connectivity index (χ1v) is 6.74. The summed E-state index contributed by atoms with van der Waals surface area (Å²) in [4.78, 5) is 13.9. The minimum atomic E-state index is -0.671. The number of nitriles is 1. The van der Waals surface area contributed by atoms with Crippen LogP contribution in [0.5, 0.6) is 5.75 Å². The normalized spacial score (nSPS) is 20.1. The molecule has 5 heteroatoms. The van der Waals surface area contributed by atoms with Crippen molar-refractivity contribution in [3.63, 3.8) is 0 Å². The number of β-amino-alcohol motifs (C(OH)–C–C–N with tert-alkyl or cyclic N) is 1. The summed E-state index contributed by atoms with van der Waals surface area (Å²) >= 11 is 0. The van der Waals surface area contributed by atoms with Gasteiger partial charge in [0.15, 0.2) is 6.10 Å². The number of nitrogens with zero attached hydrogens (tertiary/aromatic N) is 2. The molecule has 1 heterocycles. The maximum atomic E-state index is 12.3. The molecular formula is C15H18N2O3. The van der Waals surface area contributed by atoms with E-state index >= 15 is 0 Å². The molecule has 0 bridgehead atoms. The van der Waals surface area contributed by atoms with Crippen LogP contribution in [0.1, 0.15) is 25.3 Å². The van der Waals surface area contributed by atoms with E-state index in [0.29, 0.717) is 24.4 Å². The van der Waals surface area contributed by atoms with Crippen molar-refractivity contribution >= 4 is 5.91 Å². The molecule has 0 unspecified atom stereocenters. The van der Waals surface area contributed by atoms with Crippen LogP contribution < -0.4 is 4.74 Å². The molecule has 2 atom stereocenters. The molecule has 0 aliphatic carbocycles. The molecule has 0 spiro atoms. The van der Waals surface area contributed by atoms with Crippen molar-refractivity contribution in [3.05, 3.63) is 29.8 Å². The largest absolute Gasteiger partial charge is 0.480 e. The highest BCUT2D eigenvalue weighted by molar-refractivity contribution is 5.81. The molecule has 1 N–H and O–H groups in total. The Labute approximate surface area is 118 Å². The lowest BCUT2D eigenvalue weighted by atomic mass is 10.1. The van der Waals surface area contributed by atoms with Crippen molar-refractivity contribution in [2.45, 2.75) is 32.0 Å². The van der Waals surface area contributed by atoms with Crippen LogP contribution in [0.2, 0.25) is 0 Å². The lowest BCUT2D eigenvalue weighted by molar-refractivity contribution is -0.141. The van der Waals surface area contributed by atoms with Gasteiger partial charge in [0, 0.05) is 13.1 Å². The Hall–Kier alpha value is -2.06. The van der Waals surface area contributed by atoms with E-state index < -0.39 is 12.2 Å². The number of likely N-dealkylation sites (tertiary alicyclic amines) is 1. The zero-order valence-electron chi connectivity index (χ0n) is 11.5. The van der Waals surface area contributed by atoms with Gasteiger partial charge in [0.2, 0.25) is 0 Å². The fourth-order valence-electron chi connectivity index (χ4n) is 2.31. The molecule has 2 rings (SSSR count). The van der Waals surface area contributed by atoms with Gasteiger partial charge < -0.3 is 14.7 Å². The van der Waals surface area contributed by atoms with E-state index in [2.05, 4.69) is 0 Å². The van der Waals surface area contributed by atoms with Crippen LogP contribution in [0.3, 0.4) is 0 Å². The summed E-state index contributed by atoms with van der Waals surface area (Å²) in [6.45, 7) is 2.66. The Kier molecular flexibility index (Phi) is 4.59. The summed E-state index contributed by atoms with van der Waals surface area (Å²) < 4.78 is 5.59. The molecule has 106 valence electrons. The van der Waals surface area contributed by atoms with Gasteiger partial charge in [0.05, 0.1) is 11.7 Å². The predicted octanol–water partition coefficient (Wildman–Crippen LogP) is 1.31. The lowest BCUT2D eigenvalue weighted by Crippen LogP contribution is -2.47. The Morgan fingerprint density at radius 2 is 2.30 bits per heavy atom. The smallest absolute Gasteiger partial charge is 0.263 e. The average molecular weight is 274 g/mol. The van der Waals surface area contributed by atoms with Gasteiger partial charge in [-0.15, -0.1) is 0 Å². The number of para-hydroxylation sites is 1. The maximum absolute atomic E-state index is 12.3. The summed E-state index contributed by atoms with van der Waals surface area (Å²) in [6.07, 6.45) is 0.408. The highest BCUT2D eigenvalue weighted by Crippen LogP contribution is 2.19. The van der Waals surface area contributed by atoms with Gasteiger partial charge in [-0.05, 0) is 31.9 Å². The number of carbonyl (C=O) groups excluding carboxylic acids is 1. The first-order chi connectivity index (χ1) is 9.61. The van der Waals surface area contributed by atoms with Crippen LogP contribution in [-0.2, 0) is 4.79 Å². The van der Waals surface area contributed by atoms with E-state index in [9.17, 15) is 9.90 Å². The van der Waals surface area contributed by atoms with E-state index in [-0.39, 0.29) is 5.91 Å². The Morgan fingerprint density at radius 1 is 1.55 bits per heavy atom. The predicted molar refractivity (Wildman–Crippen MR) is 73.1 cm³/mol. The topological polar surface area (TPSA) is 73.6 Å². The highest BCUT2D eigenvalue weighted by atomic mass is 16.5. The molecule has 20 heavy (non-hydrogen) atoms. The van der Waals surface area contributed by atoms with Gasteiger partial charge >= 0.3 is 0 Å². The second-order valence-corrected chi connectivity index (χ2v) is 4.95. The first-order valence-electron chi connectivity index (χ1n) is 6.74. The summed E-state index contributed by atoms with van der Waals surface area (Å²) in [5.41, 5.74) is 0.408. The molecule has 5 nitrogen and oxygen atoms in total. The van der Waals surface area contributed by atoms with Crippen molar-refractivity contribution in [2.75, 3.05) is 13.1 Å². The van der Waals surface area contributed by atoms with Crippen molar-refractivity contribution in [3.8, 4) is 11.8 Å². The number of piperidine rings is 1. The van der Waals surface area contributed by atoms with E-state index in [0.717, 1.165) is 12.8 Å². The number of ether oxygens (including phenoxy) is 1. The molecule has 1 aromatic rings.